The number of benzene rings is 14. The summed E-state index contributed by atoms with van der Waals surface area (Å²) in [7, 11) is 0. The van der Waals surface area contributed by atoms with Crippen molar-refractivity contribution in [3.8, 4) is 106 Å². The van der Waals surface area contributed by atoms with E-state index in [-0.39, 0.29) is 17.5 Å². The molecule has 2 heteroatoms. The number of fused-ring (bicyclic) bond motifs is 14. The van der Waals surface area contributed by atoms with Crippen molar-refractivity contribution in [1.82, 2.24) is 4.57 Å². The average Bonchev–Trinajstić information content (AvgIpc) is 1.52. The van der Waals surface area contributed by atoms with Crippen molar-refractivity contribution in [3.05, 3.63) is 347 Å². The Morgan fingerprint density at radius 1 is 0.275 bits per heavy atom. The van der Waals surface area contributed by atoms with E-state index in [0.29, 0.717) is 0 Å². The smallest absolute Gasteiger partial charge is 0.248 e. The van der Waals surface area contributed by atoms with Crippen molar-refractivity contribution >= 4 is 44.9 Å². The third-order valence-corrected chi connectivity index (χ3v) is 26.7. The highest BCUT2D eigenvalue weighted by Crippen LogP contribution is 2.63. The van der Waals surface area contributed by atoms with Crippen LogP contribution in [0.5, 0.6) is 0 Å². The van der Waals surface area contributed by atoms with Crippen LogP contribution < -0.4 is 16.4 Å². The van der Waals surface area contributed by atoms with Gasteiger partial charge in [-0.15, -0.1) is 0 Å². The molecule has 14 aromatic carbocycles. The van der Waals surface area contributed by atoms with Crippen molar-refractivity contribution in [1.29, 1.82) is 0 Å². The summed E-state index contributed by atoms with van der Waals surface area (Å²) in [5, 5.41) is 2.60. The molecule has 0 saturated heterocycles. The number of aromatic nitrogens is 1. The maximum Gasteiger partial charge on any atom is 0.248 e. The number of rotatable bonds is 21. The van der Waals surface area contributed by atoms with E-state index in [1.807, 2.05) is 0 Å². The van der Waals surface area contributed by atoms with E-state index >= 15 is 0 Å². The molecule has 0 bridgehead atoms. The lowest BCUT2D eigenvalue weighted by molar-refractivity contribution is 0.398. The summed E-state index contributed by atoms with van der Waals surface area (Å²) >= 11 is 0. The Morgan fingerprint density at radius 2 is 0.706 bits per heavy atom. The van der Waals surface area contributed by atoms with Gasteiger partial charge in [0.05, 0.1) is 10.9 Å². The number of hydrogen-bond donors (Lipinski definition) is 0. The minimum Gasteiger partial charge on any atom is -0.310 e. The quantitative estimate of drug-likeness (QED) is 0.0499. The first-order valence-corrected chi connectivity index (χ1v) is 41.0. The van der Waals surface area contributed by atoms with Crippen LogP contribution in [0.15, 0.2) is 291 Å². The molecule has 0 unspecified atom stereocenters. The van der Waals surface area contributed by atoms with Crippen molar-refractivity contribution < 1.29 is 0 Å². The Morgan fingerprint density at radius 3 is 1.28 bits per heavy atom. The number of hydrogen-bond acceptors (Lipinski definition) is 0. The van der Waals surface area contributed by atoms with Crippen LogP contribution in [0.1, 0.15) is 173 Å². The molecule has 109 heavy (non-hydrogen) atoms. The molecule has 2 aliphatic heterocycles. The van der Waals surface area contributed by atoms with Gasteiger partial charge in [-0.25, -0.2) is 0 Å². The minimum atomic E-state index is -0.640. The summed E-state index contributed by atoms with van der Waals surface area (Å²) in [5.41, 5.74) is 44.2. The summed E-state index contributed by atoms with van der Waals surface area (Å²) in [6, 6.07) is 114. The second-order valence-electron chi connectivity index (χ2n) is 33.2. The summed E-state index contributed by atoms with van der Waals surface area (Å²) in [5.74, 6) is 0. The van der Waals surface area contributed by atoms with E-state index in [9.17, 15) is 0 Å². The first-order valence-electron chi connectivity index (χ1n) is 41.0. The molecule has 0 radical (unpaired) electrons. The molecule has 15 aromatic rings. The van der Waals surface area contributed by atoms with E-state index in [0.717, 1.165) is 0 Å². The van der Waals surface area contributed by atoms with E-state index < -0.39 is 5.41 Å². The summed E-state index contributed by atoms with van der Waals surface area (Å²) < 4.78 is 2.73. The van der Waals surface area contributed by atoms with Crippen LogP contribution in [0, 0.1) is 13.8 Å². The lowest BCUT2D eigenvalue weighted by Gasteiger charge is -2.43. The Hall–Kier alpha value is -11.1. The van der Waals surface area contributed by atoms with Crippen molar-refractivity contribution in [2.24, 2.45) is 0 Å². The number of unbranched alkanes of at least 4 members (excludes halogenated alkanes) is 10. The highest BCUT2D eigenvalue weighted by atomic mass is 15.0. The van der Waals surface area contributed by atoms with Crippen molar-refractivity contribution in [2.75, 3.05) is 0 Å². The predicted molar refractivity (Wildman–Crippen MR) is 465 cm³/mol. The molecule has 5 aliphatic rings. The second kappa shape index (κ2) is 26.7. The maximum absolute atomic E-state index is 2.73. The van der Waals surface area contributed by atoms with E-state index in [2.05, 4.69) is 337 Å². The van der Waals surface area contributed by atoms with Crippen LogP contribution in [0.3, 0.4) is 0 Å². The predicted octanol–water partition coefficient (Wildman–Crippen LogP) is 27.0. The van der Waals surface area contributed by atoms with Gasteiger partial charge in [-0.05, 0) is 230 Å². The molecule has 1 aromatic heterocycles. The molecule has 0 fully saturated rings. The van der Waals surface area contributed by atoms with Crippen LogP contribution in [-0.4, -0.2) is 11.3 Å². The fraction of sp³-hybridized carbons (Fsp3) is 0.215. The molecule has 0 atom stereocenters. The zero-order chi connectivity index (χ0) is 73.3. The topological polar surface area (TPSA) is 4.93 Å². The van der Waals surface area contributed by atoms with Gasteiger partial charge in [0.15, 0.2) is 0 Å². The van der Waals surface area contributed by atoms with Gasteiger partial charge >= 0.3 is 0 Å². The number of aryl methyl sites for hydroxylation is 2. The molecular formula is C107H94BN. The monoisotopic (exact) mass is 1400 g/mol. The molecule has 0 saturated carbocycles. The second-order valence-corrected chi connectivity index (χ2v) is 33.2. The van der Waals surface area contributed by atoms with Gasteiger partial charge in [-0.1, -0.05) is 365 Å². The average molecular weight is 1400 g/mol. The molecule has 1 nitrogen and oxygen atoms in total. The minimum absolute atomic E-state index is 0.0344. The van der Waals surface area contributed by atoms with Crippen LogP contribution in [0.2, 0.25) is 0 Å². The molecule has 530 valence electrons. The zero-order valence-corrected chi connectivity index (χ0v) is 64.1. The number of nitrogens with zero attached hydrogens (tertiary/aromatic N) is 1. The summed E-state index contributed by atoms with van der Waals surface area (Å²) in [6.45, 7) is 14.2. The standard InChI is InChI=1S/C107H94BN/c1-7-9-11-13-15-32-58-106(59-33-16-14-12-10-8-2)91-47-29-26-42-79(91)84-56-53-75(65-97(84)106)74-52-55-82-83-57-54-76(66-96(83)105(5,6)95(82)64-74)87-60-70(4)88(61-69(87)3)78-67-98-104-100(68-78)108(101-89(72-38-22-18-23-39-72)62-77(71-36-20-17-21-37-71)63-90(101)73-40-24-19-25-41-73)99-51-35-46-86-85-45-34-50-94(102(85)109(104)103(86)99)107(98)92-48-30-27-43-80(92)81-44-28-31-49-93(81)107/h17-31,34-57,60-68H,7-16,32-33,58-59H2,1-6H3. The normalized spacial score (nSPS) is 14.3. The van der Waals surface area contributed by atoms with Crippen LogP contribution in [0.25, 0.3) is 128 Å². The molecular weight excluding hydrogens is 1310 g/mol. The summed E-state index contributed by atoms with van der Waals surface area (Å²) in [6.07, 6.45) is 18.3. The van der Waals surface area contributed by atoms with Crippen molar-refractivity contribution in [2.45, 2.75) is 148 Å². The Balaban J connectivity index is 0.735. The first-order chi connectivity index (χ1) is 53.6. The number of para-hydroxylation sites is 2. The van der Waals surface area contributed by atoms with Gasteiger partial charge in [0.25, 0.3) is 0 Å². The third kappa shape index (κ3) is 10.3. The van der Waals surface area contributed by atoms with Crippen LogP contribution in [0.4, 0.5) is 0 Å². The lowest BCUT2D eigenvalue weighted by Crippen LogP contribution is -2.58. The Labute approximate surface area is 645 Å². The Kier molecular flexibility index (Phi) is 16.5. The zero-order valence-electron chi connectivity index (χ0n) is 64.1. The van der Waals surface area contributed by atoms with Gasteiger partial charge in [-0.2, -0.15) is 0 Å². The van der Waals surface area contributed by atoms with Gasteiger partial charge < -0.3 is 4.57 Å². The molecule has 0 N–H and O–H groups in total. The maximum atomic E-state index is 2.73. The van der Waals surface area contributed by atoms with Gasteiger partial charge in [0.1, 0.15) is 0 Å². The third-order valence-electron chi connectivity index (χ3n) is 26.7. The Bertz CT molecular complexity index is 6020. The molecule has 1 spiro atoms. The molecule has 3 aliphatic carbocycles. The van der Waals surface area contributed by atoms with Gasteiger partial charge in [0.2, 0.25) is 6.71 Å². The van der Waals surface area contributed by atoms with Crippen LogP contribution >= 0.6 is 0 Å². The van der Waals surface area contributed by atoms with E-state index in [4.69, 9.17) is 0 Å². The summed E-state index contributed by atoms with van der Waals surface area (Å²) in [4.78, 5) is 0. The van der Waals surface area contributed by atoms with Gasteiger partial charge in [-0.3, -0.25) is 0 Å². The first kappa shape index (κ1) is 67.3. The van der Waals surface area contributed by atoms with E-state index in [1.165, 1.54) is 278 Å². The highest BCUT2D eigenvalue weighted by molar-refractivity contribution is 6.99. The van der Waals surface area contributed by atoms with Gasteiger partial charge in [0, 0.05) is 32.8 Å². The largest absolute Gasteiger partial charge is 0.310 e. The fourth-order valence-electron chi connectivity index (χ4n) is 21.6. The molecule has 20 rings (SSSR count). The molecule has 3 heterocycles. The van der Waals surface area contributed by atoms with Crippen LogP contribution in [-0.2, 0) is 16.2 Å². The lowest BCUT2D eigenvalue weighted by atomic mass is 9.33. The van der Waals surface area contributed by atoms with Crippen molar-refractivity contribution in [3.63, 3.8) is 0 Å². The fourth-order valence-corrected chi connectivity index (χ4v) is 21.6. The molecule has 0 amide bonds. The van der Waals surface area contributed by atoms with E-state index in [1.54, 1.807) is 11.1 Å². The SMILES string of the molecule is CCCCCCCCC1(CCCCCCCC)c2ccccc2-c2ccc(-c3ccc4c(c3)C(C)(C)c3cc(-c5cc(C)c(-c6cc7c8c(c6)C6(c9ccccc9-c9ccccc96)c6cccc9c%10cccc(c%10n-8c69)B7c6c(-c7ccccc7)cc(-c7ccccc7)cc6-c6ccccc6)cc5C)ccc3-4)cc21. The highest BCUT2D eigenvalue weighted by Gasteiger charge is 2.54.